The fourth-order valence-corrected chi connectivity index (χ4v) is 8.56. The summed E-state index contributed by atoms with van der Waals surface area (Å²) in [6, 6.07) is 11.0. The molecular weight excluding hydrogens is 792 g/mol. The number of ether oxygens (including phenoxy) is 2. The third-order valence-electron chi connectivity index (χ3n) is 8.97. The lowest BCUT2D eigenvalue weighted by molar-refractivity contribution is -0.161. The molecule has 3 saturated heterocycles. The number of thioether (sulfide) groups is 1. The lowest BCUT2D eigenvalue weighted by Crippen LogP contribution is -2.71. The molecule has 0 spiro atoms. The van der Waals surface area contributed by atoms with E-state index in [9.17, 15) is 42.6 Å². The Bertz CT molecular complexity index is 1800. The second-order valence-electron chi connectivity index (χ2n) is 14.1. The van der Waals surface area contributed by atoms with E-state index in [2.05, 4.69) is 16.0 Å². The Morgan fingerprint density at radius 2 is 1.68 bits per heavy atom. The van der Waals surface area contributed by atoms with Crippen molar-refractivity contribution in [1.82, 2.24) is 30.1 Å². The average molecular weight is 843 g/mol. The highest BCUT2D eigenvalue weighted by atomic mass is 35.5. The molecule has 3 aliphatic heterocycles. The van der Waals surface area contributed by atoms with Crippen molar-refractivity contribution in [1.29, 1.82) is 0 Å². The molecule has 0 saturated carbocycles. The molecule has 56 heavy (non-hydrogen) atoms. The second kappa shape index (κ2) is 19.8. The number of imide groups is 1. The number of benzene rings is 2. The van der Waals surface area contributed by atoms with Crippen LogP contribution in [-0.2, 0) is 35.6 Å². The van der Waals surface area contributed by atoms with Crippen molar-refractivity contribution in [2.75, 3.05) is 46.2 Å². The van der Waals surface area contributed by atoms with Crippen molar-refractivity contribution in [3.05, 3.63) is 65.7 Å². The molecule has 2 aromatic rings. The summed E-state index contributed by atoms with van der Waals surface area (Å²) in [6.45, 7) is 8.68. The van der Waals surface area contributed by atoms with Gasteiger partial charge in [0.25, 0.3) is 0 Å². The van der Waals surface area contributed by atoms with Gasteiger partial charge in [-0.25, -0.2) is 32.0 Å². The van der Waals surface area contributed by atoms with Crippen LogP contribution < -0.4 is 20.7 Å². The van der Waals surface area contributed by atoms with Crippen molar-refractivity contribution >= 4 is 64.0 Å². The van der Waals surface area contributed by atoms with Gasteiger partial charge in [-0.3, -0.25) is 9.59 Å². The quantitative estimate of drug-likeness (QED) is 0.162. The number of hydrogen-bond acceptors (Lipinski definition) is 12. The van der Waals surface area contributed by atoms with Gasteiger partial charge in [-0.15, -0.1) is 24.2 Å². The first-order chi connectivity index (χ1) is 25.8. The maximum absolute atomic E-state index is 13.3. The number of carbonyl (C=O) groups is 5. The molecule has 2 aromatic carbocycles. The SMILES string of the molecule is CC1(C)S[C@@H]2[C@H](NC(=O)[C@H](NC(=O)N3CCN(S(C)(=O)=O)C3=O)c3ccccc3)C(=O)N2[C@H]1C(=O)O.COCCc1ccc(OCC(O)CNC(C)C)cc1.Cl. The predicted molar refractivity (Wildman–Crippen MR) is 211 cm³/mol. The van der Waals surface area contributed by atoms with Crippen LogP contribution in [0, 0.1) is 0 Å². The molecule has 3 fully saturated rings. The number of carboxylic acid groups (broad SMARTS) is 1. The zero-order valence-electron chi connectivity index (χ0n) is 32.0. The van der Waals surface area contributed by atoms with E-state index in [0.717, 1.165) is 25.0 Å². The average Bonchev–Trinajstić information content (AvgIpc) is 3.65. The number of nitrogens with one attached hydrogen (secondary N) is 3. The Kier molecular flexibility index (Phi) is 16.4. The molecule has 6 amide bonds. The highest BCUT2D eigenvalue weighted by Crippen LogP contribution is 2.50. The summed E-state index contributed by atoms with van der Waals surface area (Å²) in [5.41, 5.74) is 1.58. The molecule has 0 bridgehead atoms. The number of carbonyl (C=O) groups excluding carboxylic acids is 4. The largest absolute Gasteiger partial charge is 0.491 e. The summed E-state index contributed by atoms with van der Waals surface area (Å²) in [7, 11) is -2.17. The third kappa shape index (κ3) is 11.5. The van der Waals surface area contributed by atoms with E-state index >= 15 is 0 Å². The monoisotopic (exact) mass is 842 g/mol. The normalized spacial score (nSPS) is 20.9. The summed E-state index contributed by atoms with van der Waals surface area (Å²) in [6.07, 6.45) is 1.26. The Balaban J connectivity index is 0.000000357. The van der Waals surface area contributed by atoms with Crippen LogP contribution in [0.5, 0.6) is 5.75 Å². The van der Waals surface area contributed by atoms with Crippen LogP contribution in [0.2, 0.25) is 0 Å². The van der Waals surface area contributed by atoms with Crippen LogP contribution in [0.4, 0.5) is 9.59 Å². The minimum absolute atomic E-state index is 0. The van der Waals surface area contributed by atoms with Crippen molar-refractivity contribution in [3.63, 3.8) is 0 Å². The molecule has 3 aliphatic rings. The van der Waals surface area contributed by atoms with Gasteiger partial charge in [0.1, 0.15) is 42.0 Å². The first-order valence-electron chi connectivity index (χ1n) is 17.7. The molecule has 1 unspecified atom stereocenters. The topological polar surface area (TPSA) is 224 Å². The number of fused-ring (bicyclic) bond motifs is 1. The molecule has 20 heteroatoms. The highest BCUT2D eigenvalue weighted by Gasteiger charge is 2.64. The number of β-lactam (4-membered cyclic amide) rings is 1. The van der Waals surface area contributed by atoms with Crippen molar-refractivity contribution in [3.8, 4) is 5.75 Å². The second-order valence-corrected chi connectivity index (χ2v) is 17.7. The van der Waals surface area contributed by atoms with Crippen LogP contribution >= 0.6 is 24.2 Å². The van der Waals surface area contributed by atoms with Crippen LogP contribution in [0.25, 0.3) is 0 Å². The van der Waals surface area contributed by atoms with Gasteiger partial charge in [0.15, 0.2) is 0 Å². The summed E-state index contributed by atoms with van der Waals surface area (Å²) in [5.74, 6) is -1.64. The molecule has 3 heterocycles. The number of aliphatic hydroxyl groups is 1. The molecular formula is C36H51ClN6O11S2. The van der Waals surface area contributed by atoms with Crippen LogP contribution in [0.15, 0.2) is 54.6 Å². The number of rotatable bonds is 15. The van der Waals surface area contributed by atoms with Crippen molar-refractivity contribution in [2.24, 2.45) is 0 Å². The maximum atomic E-state index is 13.3. The fraction of sp³-hybridized carbons (Fsp3) is 0.528. The number of methoxy groups -OCH3 is 1. The Hall–Kier alpha value is -4.14. The van der Waals surface area contributed by atoms with Crippen LogP contribution in [0.1, 0.15) is 44.9 Å². The van der Waals surface area contributed by atoms with Gasteiger partial charge in [0.2, 0.25) is 21.8 Å². The zero-order chi connectivity index (χ0) is 40.7. The number of aliphatic carboxylic acids is 1. The molecule has 5 atom stereocenters. The number of aliphatic hydroxyl groups excluding tert-OH is 1. The molecule has 17 nitrogen and oxygen atoms in total. The summed E-state index contributed by atoms with van der Waals surface area (Å²) in [5, 5.41) is 26.9. The van der Waals surface area contributed by atoms with E-state index < -0.39 is 74.2 Å². The molecule has 5 N–H and O–H groups in total. The number of amides is 6. The Morgan fingerprint density at radius 3 is 2.23 bits per heavy atom. The molecule has 0 aromatic heterocycles. The fourth-order valence-electron chi connectivity index (χ4n) is 6.14. The number of sulfonamides is 1. The van der Waals surface area contributed by atoms with E-state index in [0.29, 0.717) is 34.0 Å². The smallest absolute Gasteiger partial charge is 0.341 e. The minimum atomic E-state index is -3.87. The first kappa shape index (κ1) is 46.2. The van der Waals surface area contributed by atoms with Gasteiger partial charge >= 0.3 is 18.0 Å². The van der Waals surface area contributed by atoms with E-state index in [1.165, 1.54) is 22.2 Å². The van der Waals surface area contributed by atoms with Crippen LogP contribution in [-0.4, -0.2) is 143 Å². The first-order valence-corrected chi connectivity index (χ1v) is 20.4. The molecule has 0 aliphatic carbocycles. The molecule has 0 radical (unpaired) electrons. The Morgan fingerprint density at radius 1 is 1.04 bits per heavy atom. The standard InChI is InChI=1S/C21H25N5O8S2.C15H25NO3.ClH/c1-21(2)14(18(29)30)26-16(28)13(17(26)35-21)22-15(27)12(11-7-5-4-6-8-11)23-19(31)24-9-10-25(20(24)32)36(3,33)34;1-12(2)16-10-14(17)11-19-15-6-4-13(5-7-15)8-9-18-3;/h4-8,12-14,17H,9-10H2,1-3H3,(H,22,27)(H,23,31)(H,29,30);4-7,12,14,16-17H,8-11H2,1-3H3;1H/t12-,13-,14+,17-;;/m1../s1. The number of hydrogen-bond donors (Lipinski definition) is 5. The van der Waals surface area contributed by atoms with E-state index in [1.54, 1.807) is 51.3 Å². The van der Waals surface area contributed by atoms with E-state index in [4.69, 9.17) is 9.47 Å². The number of carboxylic acids is 1. The Labute approximate surface area is 337 Å². The molecule has 310 valence electrons. The van der Waals surface area contributed by atoms with Gasteiger partial charge in [0.05, 0.1) is 26.0 Å². The summed E-state index contributed by atoms with van der Waals surface area (Å²) >= 11 is 1.26. The van der Waals surface area contributed by atoms with Gasteiger partial charge in [0, 0.05) is 24.4 Å². The van der Waals surface area contributed by atoms with Crippen LogP contribution in [0.3, 0.4) is 0 Å². The van der Waals surface area contributed by atoms with E-state index in [-0.39, 0.29) is 25.5 Å². The van der Waals surface area contributed by atoms with Crippen molar-refractivity contribution < 1.29 is 52.1 Å². The number of halogens is 1. The van der Waals surface area contributed by atoms with Gasteiger partial charge in [-0.1, -0.05) is 56.3 Å². The predicted octanol–water partition coefficient (Wildman–Crippen LogP) is 1.80. The van der Waals surface area contributed by atoms with Gasteiger partial charge in [-0.2, -0.15) is 0 Å². The van der Waals surface area contributed by atoms with Crippen molar-refractivity contribution in [2.45, 2.75) is 74.5 Å². The van der Waals surface area contributed by atoms with E-state index in [1.807, 2.05) is 38.1 Å². The third-order valence-corrected chi connectivity index (χ3v) is 11.7. The lowest BCUT2D eigenvalue weighted by Gasteiger charge is -2.44. The number of nitrogens with zero attached hydrogens (tertiary/aromatic N) is 3. The zero-order valence-corrected chi connectivity index (χ0v) is 34.5. The summed E-state index contributed by atoms with van der Waals surface area (Å²) in [4.78, 5) is 65.0. The van der Waals surface area contributed by atoms with Gasteiger partial charge in [-0.05, 0) is 43.5 Å². The number of urea groups is 2. The minimum Gasteiger partial charge on any atom is -0.491 e. The highest BCUT2D eigenvalue weighted by molar-refractivity contribution is 8.01. The molecule has 5 rings (SSSR count). The summed E-state index contributed by atoms with van der Waals surface area (Å²) < 4.78 is 33.9. The lowest BCUT2D eigenvalue weighted by atomic mass is 9.95. The maximum Gasteiger partial charge on any atom is 0.341 e. The van der Waals surface area contributed by atoms with Gasteiger partial charge < -0.3 is 40.5 Å².